The van der Waals surface area contributed by atoms with E-state index in [4.69, 9.17) is 0 Å². The fourth-order valence-electron chi connectivity index (χ4n) is 2.48. The van der Waals surface area contributed by atoms with Crippen LogP contribution in [0, 0.1) is 5.82 Å². The molecule has 1 N–H and O–H groups in total. The Labute approximate surface area is 133 Å². The zero-order valence-corrected chi connectivity index (χ0v) is 14.2. The van der Waals surface area contributed by atoms with E-state index in [1.165, 1.54) is 11.8 Å². The predicted molar refractivity (Wildman–Crippen MR) is 86.9 cm³/mol. The predicted octanol–water partition coefficient (Wildman–Crippen LogP) is 3.87. The minimum absolute atomic E-state index is 0.0433. The van der Waals surface area contributed by atoms with Gasteiger partial charge < -0.3 is 5.32 Å². The molecule has 0 radical (unpaired) electrons. The molecule has 1 unspecified atom stereocenters. The minimum atomic E-state index is -0.216. The smallest absolute Gasteiger partial charge is 0.123 e. The van der Waals surface area contributed by atoms with E-state index in [-0.39, 0.29) is 11.9 Å². The lowest BCUT2D eigenvalue weighted by Gasteiger charge is -2.18. The summed E-state index contributed by atoms with van der Waals surface area (Å²) in [4.78, 5) is 0. The molecule has 0 aliphatic carbocycles. The number of benzene rings is 1. The molecule has 1 heterocycles. The van der Waals surface area contributed by atoms with Crippen LogP contribution >= 0.6 is 15.9 Å². The molecule has 0 aliphatic rings. The summed E-state index contributed by atoms with van der Waals surface area (Å²) in [5, 5.41) is 7.85. The molecule has 5 heteroatoms. The Kier molecular flexibility index (Phi) is 5.53. The van der Waals surface area contributed by atoms with E-state index in [9.17, 15) is 4.39 Å². The Bertz CT molecular complexity index is 610. The minimum Gasteiger partial charge on any atom is -0.313 e. The lowest BCUT2D eigenvalue weighted by molar-refractivity contribution is 0.534. The standard InChI is InChI=1S/C16H21BrFN3/c1-4-12-9-13(21(5-2)20-12)10-16(19-3)14-8-11(18)6-7-15(14)17/h6-9,16,19H,4-5,10H2,1-3H3. The van der Waals surface area contributed by atoms with Crippen LogP contribution in [0.2, 0.25) is 0 Å². The number of halogens is 2. The lowest BCUT2D eigenvalue weighted by Crippen LogP contribution is -2.21. The first-order chi connectivity index (χ1) is 10.1. The van der Waals surface area contributed by atoms with Crippen LogP contribution < -0.4 is 5.32 Å². The molecule has 3 nitrogen and oxygen atoms in total. The van der Waals surface area contributed by atoms with Crippen LogP contribution in [-0.4, -0.2) is 16.8 Å². The normalized spacial score (nSPS) is 12.6. The van der Waals surface area contributed by atoms with Gasteiger partial charge in [-0.05, 0) is 50.2 Å². The van der Waals surface area contributed by atoms with Gasteiger partial charge in [-0.15, -0.1) is 0 Å². The van der Waals surface area contributed by atoms with Gasteiger partial charge in [0, 0.05) is 29.2 Å². The number of nitrogens with one attached hydrogen (secondary N) is 1. The van der Waals surface area contributed by atoms with Crippen molar-refractivity contribution in [3.05, 3.63) is 51.5 Å². The largest absolute Gasteiger partial charge is 0.313 e. The molecule has 0 aliphatic heterocycles. The van der Waals surface area contributed by atoms with E-state index >= 15 is 0 Å². The van der Waals surface area contributed by atoms with Crippen molar-refractivity contribution >= 4 is 15.9 Å². The molecule has 2 rings (SSSR count). The summed E-state index contributed by atoms with van der Waals surface area (Å²) in [6.07, 6.45) is 1.70. The molecule has 0 amide bonds. The van der Waals surface area contributed by atoms with E-state index in [2.05, 4.69) is 46.3 Å². The Morgan fingerprint density at radius 2 is 2.10 bits per heavy atom. The Morgan fingerprint density at radius 3 is 2.71 bits per heavy atom. The molecule has 0 saturated heterocycles. The molecule has 0 spiro atoms. The first kappa shape index (κ1) is 16.2. The van der Waals surface area contributed by atoms with Crippen molar-refractivity contribution in [2.45, 2.75) is 39.3 Å². The monoisotopic (exact) mass is 353 g/mol. The molecule has 1 aromatic carbocycles. The third kappa shape index (κ3) is 3.71. The molecule has 1 aromatic heterocycles. The van der Waals surface area contributed by atoms with Gasteiger partial charge in [0.1, 0.15) is 5.82 Å². The van der Waals surface area contributed by atoms with Crippen LogP contribution in [0.15, 0.2) is 28.7 Å². The van der Waals surface area contributed by atoms with Crippen molar-refractivity contribution in [3.63, 3.8) is 0 Å². The summed E-state index contributed by atoms with van der Waals surface area (Å²) in [5.41, 5.74) is 3.20. The molecular weight excluding hydrogens is 333 g/mol. The number of aromatic nitrogens is 2. The maximum atomic E-state index is 13.5. The van der Waals surface area contributed by atoms with Gasteiger partial charge in [0.15, 0.2) is 0 Å². The van der Waals surface area contributed by atoms with Crippen molar-refractivity contribution in [1.82, 2.24) is 15.1 Å². The zero-order chi connectivity index (χ0) is 15.4. The maximum Gasteiger partial charge on any atom is 0.123 e. The lowest BCUT2D eigenvalue weighted by atomic mass is 10.0. The summed E-state index contributed by atoms with van der Waals surface area (Å²) in [6.45, 7) is 5.03. The van der Waals surface area contributed by atoms with E-state index in [1.54, 1.807) is 12.1 Å². The second-order valence-electron chi connectivity index (χ2n) is 5.01. The topological polar surface area (TPSA) is 29.9 Å². The van der Waals surface area contributed by atoms with Gasteiger partial charge in [-0.2, -0.15) is 5.10 Å². The highest BCUT2D eigenvalue weighted by atomic mass is 79.9. The van der Waals surface area contributed by atoms with Gasteiger partial charge in [-0.25, -0.2) is 4.39 Å². The zero-order valence-electron chi connectivity index (χ0n) is 12.7. The van der Waals surface area contributed by atoms with Crippen molar-refractivity contribution in [1.29, 1.82) is 0 Å². The molecule has 0 bridgehead atoms. The SMILES string of the molecule is CCc1cc(CC(NC)c2cc(F)ccc2Br)n(CC)n1. The third-order valence-electron chi connectivity index (χ3n) is 3.67. The number of hydrogen-bond acceptors (Lipinski definition) is 2. The van der Waals surface area contributed by atoms with Gasteiger partial charge in [0.25, 0.3) is 0 Å². The first-order valence-corrected chi connectivity index (χ1v) is 8.06. The number of aryl methyl sites for hydroxylation is 2. The quantitative estimate of drug-likeness (QED) is 0.854. The van der Waals surface area contributed by atoms with E-state index < -0.39 is 0 Å². The Balaban J connectivity index is 2.30. The fourth-order valence-corrected chi connectivity index (χ4v) is 3.01. The van der Waals surface area contributed by atoms with Gasteiger partial charge >= 0.3 is 0 Å². The average Bonchev–Trinajstić information content (AvgIpc) is 2.89. The summed E-state index contributed by atoms with van der Waals surface area (Å²) in [6, 6.07) is 6.98. The van der Waals surface area contributed by atoms with Crippen molar-refractivity contribution in [2.75, 3.05) is 7.05 Å². The summed E-state index contributed by atoms with van der Waals surface area (Å²) in [7, 11) is 1.90. The van der Waals surface area contributed by atoms with Crippen LogP contribution in [0.25, 0.3) is 0 Å². The molecule has 1 atom stereocenters. The van der Waals surface area contributed by atoms with Crippen molar-refractivity contribution < 1.29 is 4.39 Å². The number of nitrogens with zero attached hydrogens (tertiary/aromatic N) is 2. The number of likely N-dealkylation sites (N-methyl/N-ethyl adjacent to an activating group) is 1. The van der Waals surface area contributed by atoms with Crippen LogP contribution in [0.3, 0.4) is 0 Å². The highest BCUT2D eigenvalue weighted by Gasteiger charge is 2.17. The Morgan fingerprint density at radius 1 is 1.33 bits per heavy atom. The second kappa shape index (κ2) is 7.18. The molecule has 21 heavy (non-hydrogen) atoms. The van der Waals surface area contributed by atoms with Crippen LogP contribution in [-0.2, 0) is 19.4 Å². The molecule has 2 aromatic rings. The van der Waals surface area contributed by atoms with Crippen LogP contribution in [0.4, 0.5) is 4.39 Å². The summed E-state index contributed by atoms with van der Waals surface area (Å²) < 4.78 is 16.5. The highest BCUT2D eigenvalue weighted by Crippen LogP contribution is 2.27. The summed E-state index contributed by atoms with van der Waals surface area (Å²) in [5.74, 6) is -0.216. The fraction of sp³-hybridized carbons (Fsp3) is 0.438. The van der Waals surface area contributed by atoms with Gasteiger partial charge in [0.2, 0.25) is 0 Å². The Hall–Kier alpha value is -1.20. The highest BCUT2D eigenvalue weighted by molar-refractivity contribution is 9.10. The van der Waals surface area contributed by atoms with E-state index in [0.717, 1.165) is 35.1 Å². The van der Waals surface area contributed by atoms with Crippen LogP contribution in [0.5, 0.6) is 0 Å². The first-order valence-electron chi connectivity index (χ1n) is 7.26. The van der Waals surface area contributed by atoms with E-state index in [0.29, 0.717) is 0 Å². The van der Waals surface area contributed by atoms with Gasteiger partial charge in [-0.3, -0.25) is 4.68 Å². The third-order valence-corrected chi connectivity index (χ3v) is 4.39. The second-order valence-corrected chi connectivity index (χ2v) is 5.86. The van der Waals surface area contributed by atoms with Gasteiger partial charge in [0.05, 0.1) is 5.69 Å². The number of hydrogen-bond donors (Lipinski definition) is 1. The molecule has 114 valence electrons. The molecule has 0 fully saturated rings. The van der Waals surface area contributed by atoms with E-state index in [1.807, 2.05) is 11.7 Å². The van der Waals surface area contributed by atoms with Crippen LogP contribution in [0.1, 0.15) is 36.8 Å². The van der Waals surface area contributed by atoms with Crippen molar-refractivity contribution in [3.8, 4) is 0 Å². The summed E-state index contributed by atoms with van der Waals surface area (Å²) >= 11 is 3.51. The van der Waals surface area contributed by atoms with Gasteiger partial charge in [-0.1, -0.05) is 22.9 Å². The number of rotatable bonds is 6. The molecular formula is C16H21BrFN3. The average molecular weight is 354 g/mol. The van der Waals surface area contributed by atoms with Crippen molar-refractivity contribution in [2.24, 2.45) is 0 Å². The molecule has 0 saturated carbocycles. The maximum absolute atomic E-state index is 13.5.